The molecule has 0 spiro atoms. The van der Waals surface area contributed by atoms with Gasteiger partial charge in [0.1, 0.15) is 24.0 Å². The lowest BCUT2D eigenvalue weighted by atomic mass is 10.1. The molecule has 1 fully saturated rings. The van der Waals surface area contributed by atoms with Crippen LogP contribution in [0.4, 0.5) is 0 Å². The van der Waals surface area contributed by atoms with Crippen LogP contribution in [-0.2, 0) is 0 Å². The Hall–Kier alpha value is -1.85. The zero-order chi connectivity index (χ0) is 14.8. The summed E-state index contributed by atoms with van der Waals surface area (Å²) < 4.78 is 10.7. The lowest BCUT2D eigenvalue weighted by molar-refractivity contribution is 0.106. The van der Waals surface area contributed by atoms with Gasteiger partial charge in [-0.3, -0.25) is 0 Å². The second-order valence-electron chi connectivity index (χ2n) is 5.55. The summed E-state index contributed by atoms with van der Waals surface area (Å²) in [5.74, 6) is 0.585. The molecule has 0 aliphatic heterocycles. The third-order valence-electron chi connectivity index (χ3n) is 3.58. The van der Waals surface area contributed by atoms with Crippen molar-refractivity contribution in [2.75, 3.05) is 13.2 Å². The first-order valence-electron chi connectivity index (χ1n) is 7.20. The Morgan fingerprint density at radius 2 is 2.24 bits per heavy atom. The van der Waals surface area contributed by atoms with Gasteiger partial charge in [0.25, 0.3) is 0 Å². The number of rotatable bonds is 6. The van der Waals surface area contributed by atoms with Crippen LogP contribution in [0.1, 0.15) is 18.4 Å². The van der Waals surface area contributed by atoms with Crippen LogP contribution in [0, 0.1) is 6.92 Å². The quantitative estimate of drug-likeness (QED) is 0.790. The van der Waals surface area contributed by atoms with Crippen molar-refractivity contribution in [2.45, 2.75) is 31.9 Å². The number of ether oxygens (including phenoxy) is 1. The van der Waals surface area contributed by atoms with E-state index in [1.807, 2.05) is 19.1 Å². The predicted molar refractivity (Wildman–Crippen MR) is 79.7 cm³/mol. The van der Waals surface area contributed by atoms with Crippen LogP contribution in [0.2, 0.25) is 0 Å². The van der Waals surface area contributed by atoms with Gasteiger partial charge in [-0.1, -0.05) is 0 Å². The maximum Gasteiger partial charge on any atom is 0.336 e. The summed E-state index contributed by atoms with van der Waals surface area (Å²) in [5.41, 5.74) is 1.01. The van der Waals surface area contributed by atoms with E-state index in [9.17, 15) is 9.90 Å². The minimum atomic E-state index is -0.550. The van der Waals surface area contributed by atoms with Crippen molar-refractivity contribution in [1.82, 2.24) is 5.32 Å². The van der Waals surface area contributed by atoms with Crippen LogP contribution in [0.15, 0.2) is 33.5 Å². The SMILES string of the molecule is Cc1cc(=O)oc2cc(OC[C@H](O)CNC3CC3)ccc12. The molecule has 5 heteroatoms. The molecule has 1 aliphatic rings. The summed E-state index contributed by atoms with van der Waals surface area (Å²) in [7, 11) is 0. The molecule has 0 unspecified atom stereocenters. The van der Waals surface area contributed by atoms with Gasteiger partial charge in [-0.2, -0.15) is 0 Å². The van der Waals surface area contributed by atoms with Gasteiger partial charge in [0.15, 0.2) is 0 Å². The van der Waals surface area contributed by atoms with Crippen LogP contribution >= 0.6 is 0 Å². The smallest absolute Gasteiger partial charge is 0.336 e. The summed E-state index contributed by atoms with van der Waals surface area (Å²) in [4.78, 5) is 11.4. The fraction of sp³-hybridized carbons (Fsp3) is 0.438. The molecule has 2 N–H and O–H groups in total. The molecule has 0 amide bonds. The Bertz CT molecular complexity index is 690. The molecular formula is C16H19NO4. The fourth-order valence-electron chi connectivity index (χ4n) is 2.24. The summed E-state index contributed by atoms with van der Waals surface area (Å²) in [5, 5.41) is 14.0. The first kappa shape index (κ1) is 14.1. The molecule has 1 atom stereocenters. The number of aliphatic hydroxyl groups is 1. The number of aryl methyl sites for hydroxylation is 1. The van der Waals surface area contributed by atoms with E-state index >= 15 is 0 Å². The van der Waals surface area contributed by atoms with Crippen LogP contribution in [0.25, 0.3) is 11.0 Å². The number of hydrogen-bond acceptors (Lipinski definition) is 5. The molecule has 1 aliphatic carbocycles. The Kier molecular flexibility index (Phi) is 3.94. The van der Waals surface area contributed by atoms with Gasteiger partial charge in [0.2, 0.25) is 0 Å². The Balaban J connectivity index is 1.64. The average molecular weight is 289 g/mol. The molecule has 1 heterocycles. The third-order valence-corrected chi connectivity index (χ3v) is 3.58. The molecule has 5 nitrogen and oxygen atoms in total. The monoisotopic (exact) mass is 289 g/mol. The standard InChI is InChI=1S/C16H19NO4/c1-10-6-16(19)21-15-7-13(4-5-14(10)15)20-9-12(18)8-17-11-2-3-11/h4-7,11-12,17-18H,2-3,8-9H2,1H3/t12-/m1/s1. The highest BCUT2D eigenvalue weighted by molar-refractivity contribution is 5.81. The summed E-state index contributed by atoms with van der Waals surface area (Å²) >= 11 is 0. The minimum absolute atomic E-state index is 0.210. The highest BCUT2D eigenvalue weighted by Crippen LogP contribution is 2.22. The van der Waals surface area contributed by atoms with Crippen LogP contribution in [0.3, 0.4) is 0 Å². The average Bonchev–Trinajstić information content (AvgIpc) is 3.26. The maximum absolute atomic E-state index is 11.4. The Labute approximate surface area is 122 Å². The third kappa shape index (κ3) is 3.62. The first-order chi connectivity index (χ1) is 10.1. The van der Waals surface area contributed by atoms with Crippen molar-refractivity contribution in [2.24, 2.45) is 0 Å². The molecule has 21 heavy (non-hydrogen) atoms. The Morgan fingerprint density at radius 1 is 1.43 bits per heavy atom. The number of nitrogens with one attached hydrogen (secondary N) is 1. The first-order valence-corrected chi connectivity index (χ1v) is 7.20. The van der Waals surface area contributed by atoms with Gasteiger partial charge in [-0.25, -0.2) is 4.79 Å². The van der Waals surface area contributed by atoms with E-state index in [1.165, 1.54) is 18.9 Å². The highest BCUT2D eigenvalue weighted by Gasteiger charge is 2.21. The topological polar surface area (TPSA) is 71.7 Å². The van der Waals surface area contributed by atoms with Gasteiger partial charge in [-0.05, 0) is 37.5 Å². The lowest BCUT2D eigenvalue weighted by Crippen LogP contribution is -2.32. The molecule has 0 saturated heterocycles. The van der Waals surface area contributed by atoms with Gasteiger partial charge in [-0.15, -0.1) is 0 Å². The summed E-state index contributed by atoms with van der Waals surface area (Å²) in [6, 6.07) is 7.40. The van der Waals surface area contributed by atoms with E-state index in [0.717, 1.165) is 10.9 Å². The molecule has 3 rings (SSSR count). The molecule has 2 aromatic rings. The van der Waals surface area contributed by atoms with E-state index in [2.05, 4.69) is 5.32 Å². The molecular weight excluding hydrogens is 270 g/mol. The predicted octanol–water partition coefficient (Wildman–Crippen LogP) is 1.59. The largest absolute Gasteiger partial charge is 0.491 e. The van der Waals surface area contributed by atoms with E-state index in [1.54, 1.807) is 6.07 Å². The van der Waals surface area contributed by atoms with Crippen molar-refractivity contribution in [3.63, 3.8) is 0 Å². The van der Waals surface area contributed by atoms with Gasteiger partial charge < -0.3 is 19.6 Å². The molecule has 112 valence electrons. The molecule has 1 aromatic heterocycles. The molecule has 1 saturated carbocycles. The highest BCUT2D eigenvalue weighted by atomic mass is 16.5. The number of fused-ring (bicyclic) bond motifs is 1. The van der Waals surface area contributed by atoms with Crippen molar-refractivity contribution in [3.05, 3.63) is 40.2 Å². The lowest BCUT2D eigenvalue weighted by Gasteiger charge is -2.13. The van der Waals surface area contributed by atoms with Crippen LogP contribution in [0.5, 0.6) is 5.75 Å². The second-order valence-corrected chi connectivity index (χ2v) is 5.55. The van der Waals surface area contributed by atoms with E-state index < -0.39 is 6.10 Å². The van der Waals surface area contributed by atoms with Crippen molar-refractivity contribution >= 4 is 11.0 Å². The van der Waals surface area contributed by atoms with Gasteiger partial charge in [0, 0.05) is 30.1 Å². The number of hydrogen-bond donors (Lipinski definition) is 2. The van der Waals surface area contributed by atoms with Gasteiger partial charge in [0.05, 0.1) is 0 Å². The molecule has 0 radical (unpaired) electrons. The van der Waals surface area contributed by atoms with E-state index in [0.29, 0.717) is 23.9 Å². The maximum atomic E-state index is 11.4. The zero-order valence-electron chi connectivity index (χ0n) is 12.0. The van der Waals surface area contributed by atoms with E-state index in [4.69, 9.17) is 9.15 Å². The number of aliphatic hydroxyl groups excluding tert-OH is 1. The summed E-state index contributed by atoms with van der Waals surface area (Å²) in [6.07, 6.45) is 1.83. The van der Waals surface area contributed by atoms with Crippen LogP contribution in [-0.4, -0.2) is 30.4 Å². The summed E-state index contributed by atoms with van der Waals surface area (Å²) in [6.45, 7) is 2.61. The Morgan fingerprint density at radius 3 is 3.00 bits per heavy atom. The van der Waals surface area contributed by atoms with Crippen LogP contribution < -0.4 is 15.7 Å². The zero-order valence-corrected chi connectivity index (χ0v) is 12.0. The second kappa shape index (κ2) is 5.87. The molecule has 0 bridgehead atoms. The van der Waals surface area contributed by atoms with Crippen molar-refractivity contribution in [1.29, 1.82) is 0 Å². The van der Waals surface area contributed by atoms with Crippen molar-refractivity contribution < 1.29 is 14.3 Å². The van der Waals surface area contributed by atoms with E-state index in [-0.39, 0.29) is 12.2 Å². The normalized spacial score (nSPS) is 16.1. The molecule has 1 aromatic carbocycles. The fourth-order valence-corrected chi connectivity index (χ4v) is 2.24. The minimum Gasteiger partial charge on any atom is -0.491 e. The van der Waals surface area contributed by atoms with Crippen molar-refractivity contribution in [3.8, 4) is 5.75 Å². The number of benzene rings is 1. The van der Waals surface area contributed by atoms with Gasteiger partial charge >= 0.3 is 5.63 Å².